The molecule has 0 radical (unpaired) electrons. The highest BCUT2D eigenvalue weighted by Gasteiger charge is 2.17. The predicted octanol–water partition coefficient (Wildman–Crippen LogP) is 3.85. The predicted molar refractivity (Wildman–Crippen MR) is 110 cm³/mol. The highest BCUT2D eigenvalue weighted by Crippen LogP contribution is 2.23. The monoisotopic (exact) mass is 397 g/mol. The van der Waals surface area contributed by atoms with Crippen molar-refractivity contribution in [1.82, 2.24) is 5.32 Å². The zero-order valence-corrected chi connectivity index (χ0v) is 17.5. The summed E-state index contributed by atoms with van der Waals surface area (Å²) in [6, 6.07) is 11.7. The van der Waals surface area contributed by atoms with E-state index in [1.165, 1.54) is 6.92 Å². The van der Waals surface area contributed by atoms with Crippen LogP contribution in [0.5, 0.6) is 5.75 Å². The van der Waals surface area contributed by atoms with E-state index in [0.717, 1.165) is 5.56 Å². The molecule has 29 heavy (non-hydrogen) atoms. The number of hydrogen-bond donors (Lipinski definition) is 1. The summed E-state index contributed by atoms with van der Waals surface area (Å²) in [5.41, 5.74) is 2.13. The lowest BCUT2D eigenvalue weighted by molar-refractivity contribution is -0.142. The number of carbonyl (C=O) groups is 3. The summed E-state index contributed by atoms with van der Waals surface area (Å²) in [6.45, 7) is 9.20. The Kier molecular flexibility index (Phi) is 7.29. The number of ether oxygens (including phenoxy) is 2. The van der Waals surface area contributed by atoms with Gasteiger partial charge in [-0.05, 0) is 58.0 Å². The van der Waals surface area contributed by atoms with Crippen molar-refractivity contribution in [3.63, 3.8) is 0 Å². The summed E-state index contributed by atoms with van der Waals surface area (Å²) < 4.78 is 10.6. The number of benzene rings is 2. The van der Waals surface area contributed by atoms with Gasteiger partial charge < -0.3 is 14.8 Å². The molecule has 0 heterocycles. The van der Waals surface area contributed by atoms with E-state index in [-0.39, 0.29) is 30.2 Å². The molecule has 0 spiro atoms. The van der Waals surface area contributed by atoms with Gasteiger partial charge in [0.2, 0.25) is 0 Å². The van der Waals surface area contributed by atoms with Crippen LogP contribution >= 0.6 is 0 Å². The summed E-state index contributed by atoms with van der Waals surface area (Å²) in [4.78, 5) is 36.2. The molecule has 6 heteroatoms. The normalized spacial score (nSPS) is 11.1. The smallest absolute Gasteiger partial charge is 0.343 e. The molecule has 6 nitrogen and oxygen atoms in total. The standard InChI is InChI=1S/C23H27NO5/c1-15-6-8-17(9-7-15)22(27)29-21-11-10-18(12-19(21)14-28-16(2)25)20(26)13-24-23(3,4)5/h6-12,24H,13-14H2,1-5H3. The molecular weight excluding hydrogens is 370 g/mol. The Morgan fingerprint density at radius 2 is 1.59 bits per heavy atom. The molecule has 2 aromatic rings. The minimum absolute atomic E-state index is 0.0976. The molecule has 0 bridgehead atoms. The first kappa shape index (κ1) is 22.3. The van der Waals surface area contributed by atoms with Crippen LogP contribution in [-0.2, 0) is 16.1 Å². The lowest BCUT2D eigenvalue weighted by Gasteiger charge is -2.20. The average molecular weight is 397 g/mol. The van der Waals surface area contributed by atoms with Crippen LogP contribution in [0.3, 0.4) is 0 Å². The number of rotatable bonds is 7. The molecule has 0 aliphatic rings. The Morgan fingerprint density at radius 1 is 0.966 bits per heavy atom. The first-order valence-corrected chi connectivity index (χ1v) is 9.38. The van der Waals surface area contributed by atoms with Crippen LogP contribution in [0.4, 0.5) is 0 Å². The molecule has 0 amide bonds. The Bertz CT molecular complexity index is 894. The maximum atomic E-state index is 12.5. The fourth-order valence-corrected chi connectivity index (χ4v) is 2.44. The minimum atomic E-state index is -0.525. The quantitative estimate of drug-likeness (QED) is 0.434. The van der Waals surface area contributed by atoms with Crippen molar-refractivity contribution in [3.8, 4) is 5.75 Å². The van der Waals surface area contributed by atoms with Gasteiger partial charge in [-0.3, -0.25) is 9.59 Å². The van der Waals surface area contributed by atoms with E-state index in [4.69, 9.17) is 9.47 Å². The molecule has 154 valence electrons. The molecule has 0 saturated carbocycles. The maximum Gasteiger partial charge on any atom is 0.343 e. The molecule has 2 aromatic carbocycles. The van der Waals surface area contributed by atoms with Crippen LogP contribution < -0.4 is 10.1 Å². The zero-order chi connectivity index (χ0) is 21.6. The van der Waals surface area contributed by atoms with Crippen LogP contribution in [0, 0.1) is 6.92 Å². The largest absolute Gasteiger partial charge is 0.461 e. The lowest BCUT2D eigenvalue weighted by Crippen LogP contribution is -2.39. The molecule has 0 aliphatic heterocycles. The van der Waals surface area contributed by atoms with Crippen molar-refractivity contribution >= 4 is 17.7 Å². The van der Waals surface area contributed by atoms with Gasteiger partial charge in [-0.1, -0.05) is 17.7 Å². The van der Waals surface area contributed by atoms with Gasteiger partial charge in [0.25, 0.3) is 0 Å². The summed E-state index contributed by atoms with van der Waals surface area (Å²) in [5, 5.41) is 3.14. The zero-order valence-electron chi connectivity index (χ0n) is 17.5. The Hall–Kier alpha value is -2.99. The van der Waals surface area contributed by atoms with Crippen LogP contribution in [0.1, 0.15) is 59.5 Å². The molecule has 0 saturated heterocycles. The van der Waals surface area contributed by atoms with Crippen LogP contribution in [0.25, 0.3) is 0 Å². The lowest BCUT2D eigenvalue weighted by atomic mass is 10.0. The third kappa shape index (κ3) is 7.16. The van der Waals surface area contributed by atoms with Crippen molar-refractivity contribution < 1.29 is 23.9 Å². The number of hydrogen-bond acceptors (Lipinski definition) is 6. The summed E-state index contributed by atoms with van der Waals surface area (Å²) >= 11 is 0. The topological polar surface area (TPSA) is 81.7 Å². The minimum Gasteiger partial charge on any atom is -0.461 e. The first-order valence-electron chi connectivity index (χ1n) is 9.38. The molecule has 0 aliphatic carbocycles. The van der Waals surface area contributed by atoms with E-state index in [0.29, 0.717) is 16.7 Å². The number of carbonyl (C=O) groups excluding carboxylic acids is 3. The molecule has 0 fully saturated rings. The second-order valence-electron chi connectivity index (χ2n) is 7.89. The van der Waals surface area contributed by atoms with Gasteiger partial charge in [0, 0.05) is 23.6 Å². The molecule has 2 rings (SSSR count). The van der Waals surface area contributed by atoms with Gasteiger partial charge >= 0.3 is 11.9 Å². The second-order valence-corrected chi connectivity index (χ2v) is 7.89. The fraction of sp³-hybridized carbons (Fsp3) is 0.348. The average Bonchev–Trinajstić information content (AvgIpc) is 2.65. The third-order valence-electron chi connectivity index (χ3n) is 4.08. The highest BCUT2D eigenvalue weighted by atomic mass is 16.5. The van der Waals surface area contributed by atoms with Gasteiger partial charge in [-0.2, -0.15) is 0 Å². The Balaban J connectivity index is 2.23. The van der Waals surface area contributed by atoms with Crippen LogP contribution in [0.15, 0.2) is 42.5 Å². The van der Waals surface area contributed by atoms with Crippen molar-refractivity contribution in [2.24, 2.45) is 0 Å². The van der Waals surface area contributed by atoms with Gasteiger partial charge in [0.05, 0.1) is 12.1 Å². The Morgan fingerprint density at radius 3 is 2.17 bits per heavy atom. The van der Waals surface area contributed by atoms with Crippen molar-refractivity contribution in [1.29, 1.82) is 0 Å². The second kappa shape index (κ2) is 9.47. The third-order valence-corrected chi connectivity index (χ3v) is 4.08. The van der Waals surface area contributed by atoms with Gasteiger partial charge in [0.15, 0.2) is 5.78 Å². The van der Waals surface area contributed by atoms with Crippen LogP contribution in [-0.4, -0.2) is 29.8 Å². The van der Waals surface area contributed by atoms with Crippen molar-refractivity contribution in [2.45, 2.75) is 46.8 Å². The van der Waals surface area contributed by atoms with Crippen molar-refractivity contribution in [3.05, 3.63) is 64.7 Å². The van der Waals surface area contributed by atoms with Crippen molar-refractivity contribution in [2.75, 3.05) is 6.54 Å². The fourth-order valence-electron chi connectivity index (χ4n) is 2.44. The van der Waals surface area contributed by atoms with Gasteiger partial charge in [-0.25, -0.2) is 4.79 Å². The number of aryl methyl sites for hydroxylation is 1. The number of nitrogens with one attached hydrogen (secondary N) is 1. The molecule has 1 N–H and O–H groups in total. The molecule has 0 aromatic heterocycles. The van der Waals surface area contributed by atoms with E-state index in [1.54, 1.807) is 30.3 Å². The van der Waals surface area contributed by atoms with Crippen LogP contribution in [0.2, 0.25) is 0 Å². The SMILES string of the molecule is CC(=O)OCc1cc(C(=O)CNC(C)(C)C)ccc1OC(=O)c1ccc(C)cc1. The summed E-state index contributed by atoms with van der Waals surface area (Å²) in [6.07, 6.45) is 0. The molecule has 0 unspecified atom stereocenters. The van der Waals surface area contributed by atoms with Gasteiger partial charge in [-0.15, -0.1) is 0 Å². The van der Waals surface area contributed by atoms with E-state index >= 15 is 0 Å². The van der Waals surface area contributed by atoms with Gasteiger partial charge in [0.1, 0.15) is 12.4 Å². The number of esters is 2. The van der Waals surface area contributed by atoms with E-state index in [2.05, 4.69) is 5.32 Å². The number of ketones is 1. The van der Waals surface area contributed by atoms with E-state index < -0.39 is 11.9 Å². The maximum absolute atomic E-state index is 12.5. The highest BCUT2D eigenvalue weighted by molar-refractivity contribution is 5.98. The molecular formula is C23H27NO5. The van der Waals surface area contributed by atoms with E-state index in [1.807, 2.05) is 39.8 Å². The summed E-state index contributed by atoms with van der Waals surface area (Å²) in [5.74, 6) is -0.855. The molecule has 0 atom stereocenters. The summed E-state index contributed by atoms with van der Waals surface area (Å²) in [7, 11) is 0. The van der Waals surface area contributed by atoms with E-state index in [9.17, 15) is 14.4 Å². The number of Topliss-reactive ketones (excluding diaryl/α,β-unsaturated/α-hetero) is 1. The first-order chi connectivity index (χ1) is 13.5. The Labute approximate surface area is 171 Å².